The Bertz CT molecular complexity index is 1090. The molecule has 4 rings (SSSR count). The summed E-state index contributed by atoms with van der Waals surface area (Å²) in [6.45, 7) is -0.638. The number of phenolic OH excluding ortho intramolecular Hbond substituents is 1. The Labute approximate surface area is 157 Å². The molecule has 11 heteroatoms. The van der Waals surface area contributed by atoms with Crippen molar-refractivity contribution in [2.24, 2.45) is 5.92 Å². The van der Waals surface area contributed by atoms with Crippen molar-refractivity contribution >= 4 is 32.6 Å². The maximum atomic E-state index is 15.0. The lowest BCUT2D eigenvalue weighted by molar-refractivity contribution is -0.117. The third kappa shape index (κ3) is 3.19. The summed E-state index contributed by atoms with van der Waals surface area (Å²) in [5, 5.41) is 10.3. The summed E-state index contributed by atoms with van der Waals surface area (Å²) in [5.41, 5.74) is -0.652. The predicted molar refractivity (Wildman–Crippen MR) is 93.1 cm³/mol. The van der Waals surface area contributed by atoms with Gasteiger partial charge in [0.15, 0.2) is 5.82 Å². The highest BCUT2D eigenvalue weighted by atomic mass is 32.2. The first-order valence-electron chi connectivity index (χ1n) is 8.38. The van der Waals surface area contributed by atoms with E-state index in [1.165, 1.54) is 24.3 Å². The number of phenols is 1. The van der Waals surface area contributed by atoms with E-state index in [1.807, 2.05) is 0 Å². The number of anilines is 1. The molecule has 0 bridgehead atoms. The fraction of sp³-hybridized carbons (Fsp3) is 0.353. The maximum Gasteiger partial charge on any atom is 0.326 e. The number of halogens is 3. The van der Waals surface area contributed by atoms with Gasteiger partial charge in [0.1, 0.15) is 23.7 Å². The van der Waals surface area contributed by atoms with Crippen LogP contribution in [-0.4, -0.2) is 38.5 Å². The number of rotatable bonds is 5. The van der Waals surface area contributed by atoms with E-state index in [9.17, 15) is 27.1 Å². The predicted octanol–water partition coefficient (Wildman–Crippen LogP) is 2.29. The van der Waals surface area contributed by atoms with Gasteiger partial charge in [-0.25, -0.2) is 22.2 Å². The first-order valence-corrected chi connectivity index (χ1v) is 9.82. The molecule has 2 aromatic rings. The molecule has 1 amide bonds. The van der Waals surface area contributed by atoms with Crippen LogP contribution in [0.3, 0.4) is 0 Å². The number of carbonyl (C=O) groups excluding carboxylic acids is 1. The fourth-order valence-corrected chi connectivity index (χ4v) is 4.35. The molecule has 2 aliphatic rings. The first kappa shape index (κ1) is 18.7. The number of ether oxygens (including phenoxy) is 1. The van der Waals surface area contributed by atoms with Crippen LogP contribution in [0.25, 0.3) is 10.8 Å². The van der Waals surface area contributed by atoms with Gasteiger partial charge < -0.3 is 9.84 Å². The number of alkyl halides is 2. The van der Waals surface area contributed by atoms with Crippen molar-refractivity contribution in [1.82, 2.24) is 4.72 Å². The van der Waals surface area contributed by atoms with Gasteiger partial charge in [0, 0.05) is 17.7 Å². The number of hydrogen-bond donors (Lipinski definition) is 2. The smallest absolute Gasteiger partial charge is 0.326 e. The van der Waals surface area contributed by atoms with Crippen molar-refractivity contribution in [2.45, 2.75) is 18.8 Å². The average Bonchev–Trinajstić information content (AvgIpc) is 3.10. The van der Waals surface area contributed by atoms with Crippen molar-refractivity contribution in [3.05, 3.63) is 30.1 Å². The summed E-state index contributed by atoms with van der Waals surface area (Å²) in [4.78, 5) is 11.4. The lowest BCUT2D eigenvalue weighted by Gasteiger charge is -2.18. The molecular weight excluding hydrogens is 401 g/mol. The fourth-order valence-electron chi connectivity index (χ4n) is 3.18. The molecule has 1 aliphatic heterocycles. The van der Waals surface area contributed by atoms with E-state index in [0.29, 0.717) is 4.31 Å². The van der Waals surface area contributed by atoms with Crippen LogP contribution in [-0.2, 0) is 15.0 Å². The Morgan fingerprint density at radius 3 is 2.64 bits per heavy atom. The molecule has 28 heavy (non-hydrogen) atoms. The normalized spacial score (nSPS) is 22.3. The Hall–Kier alpha value is -2.69. The van der Waals surface area contributed by atoms with Crippen molar-refractivity contribution < 1.29 is 36.2 Å². The van der Waals surface area contributed by atoms with Crippen molar-refractivity contribution in [2.75, 3.05) is 17.5 Å². The van der Waals surface area contributed by atoms with Crippen molar-refractivity contribution in [3.63, 3.8) is 0 Å². The number of amides is 1. The van der Waals surface area contributed by atoms with E-state index in [1.54, 1.807) is 4.72 Å². The SMILES string of the molecule is O=C1CN(c2c(O)cc3ccc(OCCC4CC4(F)F)cc3c2F)S(=O)(=O)N1. The molecule has 1 unspecified atom stereocenters. The zero-order chi connectivity index (χ0) is 20.3. The summed E-state index contributed by atoms with van der Waals surface area (Å²) < 4.78 is 72.3. The molecule has 1 aliphatic carbocycles. The van der Waals surface area contributed by atoms with E-state index < -0.39 is 51.8 Å². The minimum Gasteiger partial charge on any atom is -0.506 e. The molecule has 0 radical (unpaired) electrons. The van der Waals surface area contributed by atoms with Gasteiger partial charge in [-0.15, -0.1) is 0 Å². The largest absolute Gasteiger partial charge is 0.506 e. The second-order valence-electron chi connectivity index (χ2n) is 6.78. The molecule has 1 heterocycles. The van der Waals surface area contributed by atoms with Crippen LogP contribution in [0.5, 0.6) is 11.5 Å². The van der Waals surface area contributed by atoms with Gasteiger partial charge in [-0.05, 0) is 30.0 Å². The third-order valence-corrected chi connectivity index (χ3v) is 6.14. The van der Waals surface area contributed by atoms with E-state index in [2.05, 4.69) is 0 Å². The molecule has 2 fully saturated rings. The first-order chi connectivity index (χ1) is 13.1. The summed E-state index contributed by atoms with van der Waals surface area (Å²) in [6.07, 6.45) is -0.00341. The molecular formula is C17H15F3N2O5S. The number of benzene rings is 2. The van der Waals surface area contributed by atoms with Gasteiger partial charge >= 0.3 is 10.2 Å². The zero-order valence-electron chi connectivity index (χ0n) is 14.3. The summed E-state index contributed by atoms with van der Waals surface area (Å²) in [5.74, 6) is -5.68. The molecule has 7 nitrogen and oxygen atoms in total. The van der Waals surface area contributed by atoms with E-state index in [0.717, 1.165) is 0 Å². The summed E-state index contributed by atoms with van der Waals surface area (Å²) in [7, 11) is -4.31. The Balaban J connectivity index is 1.64. The number of fused-ring (bicyclic) bond motifs is 1. The quantitative estimate of drug-likeness (QED) is 0.780. The molecule has 2 N–H and O–H groups in total. The monoisotopic (exact) mass is 416 g/mol. The van der Waals surface area contributed by atoms with E-state index in [-0.39, 0.29) is 36.0 Å². The highest BCUT2D eigenvalue weighted by Crippen LogP contribution is 2.50. The average molecular weight is 416 g/mol. The molecule has 0 spiro atoms. The van der Waals surface area contributed by atoms with Crippen LogP contribution in [0.15, 0.2) is 24.3 Å². The van der Waals surface area contributed by atoms with Gasteiger partial charge in [-0.2, -0.15) is 8.42 Å². The molecule has 150 valence electrons. The second kappa shape index (κ2) is 6.16. The lowest BCUT2D eigenvalue weighted by atomic mass is 10.1. The summed E-state index contributed by atoms with van der Waals surface area (Å²) >= 11 is 0. The van der Waals surface area contributed by atoms with Gasteiger partial charge in [-0.1, -0.05) is 6.07 Å². The number of aromatic hydroxyl groups is 1. The van der Waals surface area contributed by atoms with Crippen LogP contribution >= 0.6 is 0 Å². The van der Waals surface area contributed by atoms with Crippen molar-refractivity contribution in [3.8, 4) is 11.5 Å². The third-order valence-electron chi connectivity index (χ3n) is 4.76. The van der Waals surface area contributed by atoms with Crippen LogP contribution in [0.2, 0.25) is 0 Å². The number of carbonyl (C=O) groups is 1. The molecule has 1 saturated heterocycles. The highest BCUT2D eigenvalue weighted by molar-refractivity contribution is 7.92. The second-order valence-corrected chi connectivity index (χ2v) is 8.37. The number of nitrogens with one attached hydrogen (secondary N) is 1. The van der Waals surface area contributed by atoms with Crippen LogP contribution in [0.1, 0.15) is 12.8 Å². The standard InChI is InChI=1S/C17H15F3N2O5S/c18-15-12-6-11(27-4-3-10-7-17(10,19)20)2-1-9(12)5-13(23)16(15)22-8-14(24)21-28(22,25)26/h1-2,5-6,10,23H,3-4,7-8H2,(H,21,24). The number of nitrogens with zero attached hydrogens (tertiary/aromatic N) is 1. The maximum absolute atomic E-state index is 15.0. The Morgan fingerprint density at radius 2 is 2.04 bits per heavy atom. The molecule has 0 aromatic heterocycles. The molecule has 2 aromatic carbocycles. The van der Waals surface area contributed by atoms with Gasteiger partial charge in [0.05, 0.1) is 6.61 Å². The van der Waals surface area contributed by atoms with Gasteiger partial charge in [-0.3, -0.25) is 4.79 Å². The minimum absolute atomic E-state index is 0.0250. The summed E-state index contributed by atoms with van der Waals surface area (Å²) in [6, 6.07) is 5.39. The van der Waals surface area contributed by atoms with Crippen molar-refractivity contribution in [1.29, 1.82) is 0 Å². The molecule has 1 atom stereocenters. The lowest BCUT2D eigenvalue weighted by Crippen LogP contribution is -2.30. The van der Waals surface area contributed by atoms with Gasteiger partial charge in [0.2, 0.25) is 0 Å². The highest BCUT2D eigenvalue weighted by Gasteiger charge is 2.56. The topological polar surface area (TPSA) is 95.9 Å². The van der Waals surface area contributed by atoms with Gasteiger partial charge in [0.25, 0.3) is 11.8 Å². The Morgan fingerprint density at radius 1 is 1.32 bits per heavy atom. The van der Waals surface area contributed by atoms with E-state index in [4.69, 9.17) is 4.74 Å². The molecule has 1 saturated carbocycles. The Kier molecular flexibility index (Phi) is 4.11. The van der Waals surface area contributed by atoms with Crippen LogP contribution < -0.4 is 13.8 Å². The number of hydrogen-bond acceptors (Lipinski definition) is 5. The van der Waals surface area contributed by atoms with Crippen LogP contribution in [0, 0.1) is 11.7 Å². The van der Waals surface area contributed by atoms with Crippen LogP contribution in [0.4, 0.5) is 18.9 Å². The minimum atomic E-state index is -4.31. The van der Waals surface area contributed by atoms with E-state index >= 15 is 4.39 Å². The zero-order valence-corrected chi connectivity index (χ0v) is 15.1.